The van der Waals surface area contributed by atoms with Crippen LogP contribution in [-0.4, -0.2) is 35.0 Å². The van der Waals surface area contributed by atoms with Gasteiger partial charge in [0.2, 0.25) is 11.3 Å². The molecule has 0 saturated carbocycles. The normalized spacial score (nSPS) is 12.7. The molecule has 0 spiro atoms. The third kappa shape index (κ3) is 2.97. The summed E-state index contributed by atoms with van der Waals surface area (Å²) in [6, 6.07) is 10.6. The maximum absolute atomic E-state index is 13.1. The third-order valence-corrected chi connectivity index (χ3v) is 4.38. The molecule has 0 aliphatic carbocycles. The Bertz CT molecular complexity index is 1180. The highest BCUT2D eigenvalue weighted by Crippen LogP contribution is 2.27. The average Bonchev–Trinajstić information content (AvgIpc) is 2.85. The lowest BCUT2D eigenvalue weighted by atomic mass is 10.1. The number of pyridine rings is 2. The zero-order chi connectivity index (χ0) is 18.8. The summed E-state index contributed by atoms with van der Waals surface area (Å²) in [5.41, 5.74) is 0.398. The summed E-state index contributed by atoms with van der Waals surface area (Å²) in [4.78, 5) is 17.3. The Morgan fingerprint density at radius 2 is 2.04 bits per heavy atom. The van der Waals surface area contributed by atoms with Crippen molar-refractivity contribution in [3.63, 3.8) is 0 Å². The van der Waals surface area contributed by atoms with Gasteiger partial charge in [0.1, 0.15) is 23.9 Å². The van der Waals surface area contributed by atoms with E-state index in [-0.39, 0.29) is 29.4 Å². The van der Waals surface area contributed by atoms with Gasteiger partial charge < -0.3 is 19.3 Å². The van der Waals surface area contributed by atoms with E-state index in [2.05, 4.69) is 4.98 Å². The summed E-state index contributed by atoms with van der Waals surface area (Å²) in [5, 5.41) is 12.2. The molecular formula is C20H18N2O5. The molecule has 27 heavy (non-hydrogen) atoms. The zero-order valence-electron chi connectivity index (χ0n) is 14.7. The molecule has 138 valence electrons. The summed E-state index contributed by atoms with van der Waals surface area (Å²) in [6.45, 7) is 0.963. The summed E-state index contributed by atoms with van der Waals surface area (Å²) in [7, 11) is 1.60. The van der Waals surface area contributed by atoms with Crippen LogP contribution in [0.25, 0.3) is 22.9 Å². The molecule has 0 atom stereocenters. The molecule has 0 unspecified atom stereocenters. The van der Waals surface area contributed by atoms with Crippen LogP contribution in [0.5, 0.6) is 5.88 Å². The number of ether oxygens (including phenoxy) is 3. The molecule has 0 bridgehead atoms. The van der Waals surface area contributed by atoms with Crippen molar-refractivity contribution in [2.45, 2.75) is 6.73 Å². The third-order valence-electron chi connectivity index (χ3n) is 4.38. The van der Waals surface area contributed by atoms with E-state index in [0.29, 0.717) is 34.7 Å². The Morgan fingerprint density at radius 3 is 2.89 bits per heavy atom. The van der Waals surface area contributed by atoms with Crippen LogP contribution in [0.4, 0.5) is 0 Å². The van der Waals surface area contributed by atoms with Gasteiger partial charge in [0, 0.05) is 23.9 Å². The van der Waals surface area contributed by atoms with Gasteiger partial charge in [-0.25, -0.2) is 0 Å². The molecule has 0 radical (unpaired) electrons. The minimum Gasteiger partial charge on any atom is -0.505 e. The summed E-state index contributed by atoms with van der Waals surface area (Å²) < 4.78 is 18.2. The lowest BCUT2D eigenvalue weighted by Gasteiger charge is -2.18. The number of fused-ring (bicyclic) bond motifs is 3. The van der Waals surface area contributed by atoms with Crippen LogP contribution in [-0.2, 0) is 16.2 Å². The van der Waals surface area contributed by atoms with Crippen molar-refractivity contribution in [1.29, 1.82) is 0 Å². The number of aromatic nitrogens is 2. The highest BCUT2D eigenvalue weighted by Gasteiger charge is 2.23. The molecule has 7 nitrogen and oxygen atoms in total. The lowest BCUT2D eigenvalue weighted by Crippen LogP contribution is -2.30. The number of nitrogens with zero attached hydrogens (tertiary/aromatic N) is 2. The number of methoxy groups -OCH3 is 1. The van der Waals surface area contributed by atoms with Crippen molar-refractivity contribution in [3.05, 3.63) is 68.9 Å². The van der Waals surface area contributed by atoms with Gasteiger partial charge in [-0.15, -0.1) is 0 Å². The van der Waals surface area contributed by atoms with Gasteiger partial charge >= 0.3 is 0 Å². The highest BCUT2D eigenvalue weighted by molar-refractivity contribution is 5.84. The second kappa shape index (κ2) is 7.22. The Hall–Kier alpha value is -3.16. The fraction of sp³-hybridized carbons (Fsp3) is 0.200. The molecule has 7 heteroatoms. The number of para-hydroxylation sites is 1. The highest BCUT2D eigenvalue weighted by atomic mass is 16.5. The summed E-state index contributed by atoms with van der Waals surface area (Å²) in [6.07, 6.45) is 3.03. The van der Waals surface area contributed by atoms with Gasteiger partial charge in [0.15, 0.2) is 5.76 Å². The van der Waals surface area contributed by atoms with E-state index >= 15 is 0 Å². The predicted molar refractivity (Wildman–Crippen MR) is 99.8 cm³/mol. The largest absolute Gasteiger partial charge is 0.505 e. The van der Waals surface area contributed by atoms with Gasteiger partial charge in [0.25, 0.3) is 0 Å². The zero-order valence-corrected chi connectivity index (χ0v) is 14.7. The molecule has 2 aromatic heterocycles. The predicted octanol–water partition coefficient (Wildman–Crippen LogP) is 0.862. The summed E-state index contributed by atoms with van der Waals surface area (Å²) >= 11 is 0. The van der Waals surface area contributed by atoms with Crippen LogP contribution in [0.3, 0.4) is 0 Å². The monoisotopic (exact) mass is 366 g/mol. The van der Waals surface area contributed by atoms with Crippen molar-refractivity contribution in [3.8, 4) is 5.88 Å². The van der Waals surface area contributed by atoms with Crippen molar-refractivity contribution < 1.29 is 19.3 Å². The molecule has 0 fully saturated rings. The SMILES string of the molecule is COCCOCn1c2c(c(=O)c3ccccc31)C(O)=c1ncccc1=CO2. The standard InChI is InChI=1S/C20H18N2O5/c1-25-9-10-26-12-22-15-7-3-2-6-14(15)18(23)16-19(24)17-13(5-4-8-21-17)11-27-20(16)22/h2-8,11,24H,9-10,12H2,1H3. The number of aliphatic hydroxyl groups excluding tert-OH is 1. The Morgan fingerprint density at radius 1 is 1.19 bits per heavy atom. The number of rotatable bonds is 5. The van der Waals surface area contributed by atoms with Crippen LogP contribution >= 0.6 is 0 Å². The molecule has 3 aromatic rings. The molecule has 1 aliphatic rings. The second-order valence-corrected chi connectivity index (χ2v) is 6.01. The molecule has 1 aliphatic heterocycles. The number of hydrogen-bond acceptors (Lipinski definition) is 6. The molecule has 0 amide bonds. The summed E-state index contributed by atoms with van der Waals surface area (Å²) in [5.74, 6) is 0.00219. The van der Waals surface area contributed by atoms with E-state index in [1.807, 2.05) is 12.1 Å². The Labute approximate surface area is 154 Å². The van der Waals surface area contributed by atoms with Crippen molar-refractivity contribution in [1.82, 2.24) is 9.55 Å². The van der Waals surface area contributed by atoms with E-state index in [0.717, 1.165) is 0 Å². The first-order valence-electron chi connectivity index (χ1n) is 8.46. The van der Waals surface area contributed by atoms with E-state index in [9.17, 15) is 9.90 Å². The fourth-order valence-corrected chi connectivity index (χ4v) is 3.08. The maximum Gasteiger partial charge on any atom is 0.216 e. The van der Waals surface area contributed by atoms with Crippen molar-refractivity contribution in [2.24, 2.45) is 0 Å². The number of benzene rings is 1. The topological polar surface area (TPSA) is 82.8 Å². The fourth-order valence-electron chi connectivity index (χ4n) is 3.08. The maximum atomic E-state index is 13.1. The average molecular weight is 366 g/mol. The quantitative estimate of drug-likeness (QED) is 0.675. The number of aliphatic hydroxyl groups is 1. The molecule has 0 saturated heterocycles. The first kappa shape index (κ1) is 17.3. The van der Waals surface area contributed by atoms with Gasteiger partial charge in [-0.05, 0) is 24.3 Å². The van der Waals surface area contributed by atoms with Crippen LogP contribution in [0.2, 0.25) is 0 Å². The van der Waals surface area contributed by atoms with Gasteiger partial charge in [0.05, 0.1) is 18.7 Å². The molecule has 3 heterocycles. The van der Waals surface area contributed by atoms with Gasteiger partial charge in [-0.3, -0.25) is 14.3 Å². The molecule has 4 rings (SSSR count). The van der Waals surface area contributed by atoms with Crippen molar-refractivity contribution in [2.75, 3.05) is 20.3 Å². The second-order valence-electron chi connectivity index (χ2n) is 6.01. The number of hydrogen-bond donors (Lipinski definition) is 1. The van der Waals surface area contributed by atoms with Crippen LogP contribution in [0.1, 0.15) is 5.56 Å². The van der Waals surface area contributed by atoms with Crippen LogP contribution < -0.4 is 20.7 Å². The van der Waals surface area contributed by atoms with Crippen LogP contribution in [0, 0.1) is 0 Å². The van der Waals surface area contributed by atoms with E-state index in [1.165, 1.54) is 6.26 Å². The van der Waals surface area contributed by atoms with Gasteiger partial charge in [-0.1, -0.05) is 12.1 Å². The first-order valence-corrected chi connectivity index (χ1v) is 8.46. The lowest BCUT2D eigenvalue weighted by molar-refractivity contribution is 0.0336. The van der Waals surface area contributed by atoms with E-state index < -0.39 is 0 Å². The van der Waals surface area contributed by atoms with Gasteiger partial charge in [-0.2, -0.15) is 0 Å². The smallest absolute Gasteiger partial charge is 0.216 e. The first-order chi connectivity index (χ1) is 13.2. The molecule has 1 N–H and O–H groups in total. The Balaban J connectivity index is 2.00. The minimum atomic E-state index is -0.321. The van der Waals surface area contributed by atoms with E-state index in [1.54, 1.807) is 42.1 Å². The Kier molecular flexibility index (Phi) is 4.62. The van der Waals surface area contributed by atoms with Crippen LogP contribution in [0.15, 0.2) is 47.4 Å². The molecule has 1 aromatic carbocycles. The molecular weight excluding hydrogens is 348 g/mol. The van der Waals surface area contributed by atoms with Crippen molar-refractivity contribution >= 4 is 22.9 Å². The minimum absolute atomic E-state index is 0.0674. The van der Waals surface area contributed by atoms with E-state index in [4.69, 9.17) is 14.2 Å².